The Kier molecular flexibility index (Phi) is 8.68. The van der Waals surface area contributed by atoms with E-state index in [-0.39, 0.29) is 6.61 Å². The molecule has 0 aliphatic carbocycles. The van der Waals surface area contributed by atoms with Gasteiger partial charge in [0.25, 0.3) is 0 Å². The van der Waals surface area contributed by atoms with Gasteiger partial charge in [0, 0.05) is 12.2 Å². The van der Waals surface area contributed by atoms with Gasteiger partial charge in [0.05, 0.1) is 6.61 Å². The topological polar surface area (TPSA) is 61.8 Å². The molecule has 1 unspecified atom stereocenters. The molecule has 0 aromatic carbocycles. The van der Waals surface area contributed by atoms with Gasteiger partial charge in [0.2, 0.25) is 6.29 Å². The van der Waals surface area contributed by atoms with Crippen LogP contribution in [0.5, 0.6) is 0 Å². The Balaban J connectivity index is 4.08. The molecule has 5 heteroatoms. The number of rotatable bonds is 9. The molecule has 96 valence electrons. The van der Waals surface area contributed by atoms with Gasteiger partial charge in [0.1, 0.15) is 0 Å². The van der Waals surface area contributed by atoms with Gasteiger partial charge in [-0.3, -0.25) is 0 Å². The highest BCUT2D eigenvalue weighted by Gasteiger charge is 2.14. The van der Waals surface area contributed by atoms with E-state index in [1.165, 1.54) is 0 Å². The summed E-state index contributed by atoms with van der Waals surface area (Å²) in [6.07, 6.45) is 2.92. The predicted molar refractivity (Wildman–Crippen MR) is 62.1 cm³/mol. The standard InChI is InChI=1S/C12H18O5/c1-4-7-8-15-12(17-11(14)6-3)9-16-10(13)5-2/h5-6,12H,2-4,7-9H2,1H3. The van der Waals surface area contributed by atoms with Gasteiger partial charge in [-0.25, -0.2) is 9.59 Å². The molecule has 0 aromatic heterocycles. The second kappa shape index (κ2) is 9.59. The first-order valence-electron chi connectivity index (χ1n) is 5.37. The Morgan fingerprint density at radius 1 is 1.24 bits per heavy atom. The SMILES string of the molecule is C=CC(=O)OCC(OCCCC)OC(=O)C=C. The molecule has 5 nitrogen and oxygen atoms in total. The lowest BCUT2D eigenvalue weighted by atomic mass is 10.4. The lowest BCUT2D eigenvalue weighted by Crippen LogP contribution is -2.27. The van der Waals surface area contributed by atoms with Crippen molar-refractivity contribution in [3.05, 3.63) is 25.3 Å². The summed E-state index contributed by atoms with van der Waals surface area (Å²) in [7, 11) is 0. The minimum absolute atomic E-state index is 0.159. The van der Waals surface area contributed by atoms with E-state index in [9.17, 15) is 9.59 Å². The van der Waals surface area contributed by atoms with Crippen LogP contribution < -0.4 is 0 Å². The van der Waals surface area contributed by atoms with Crippen LogP contribution in [0.2, 0.25) is 0 Å². The van der Waals surface area contributed by atoms with Crippen LogP contribution in [0.15, 0.2) is 25.3 Å². The minimum Gasteiger partial charge on any atom is -0.456 e. The molecule has 0 saturated heterocycles. The summed E-state index contributed by atoms with van der Waals surface area (Å²) < 4.78 is 14.8. The third-order valence-electron chi connectivity index (χ3n) is 1.74. The Morgan fingerprint density at radius 2 is 1.88 bits per heavy atom. The van der Waals surface area contributed by atoms with E-state index in [1.54, 1.807) is 0 Å². The quantitative estimate of drug-likeness (QED) is 0.266. The first kappa shape index (κ1) is 15.4. The average Bonchev–Trinajstić information content (AvgIpc) is 2.35. The second-order valence-electron chi connectivity index (χ2n) is 3.13. The molecule has 0 spiro atoms. The van der Waals surface area contributed by atoms with Crippen LogP contribution in [0.3, 0.4) is 0 Å². The van der Waals surface area contributed by atoms with Crippen LogP contribution in [0.1, 0.15) is 19.8 Å². The van der Waals surface area contributed by atoms with E-state index in [1.807, 2.05) is 6.92 Å². The maximum Gasteiger partial charge on any atom is 0.332 e. The lowest BCUT2D eigenvalue weighted by molar-refractivity contribution is -0.188. The fourth-order valence-corrected chi connectivity index (χ4v) is 0.862. The zero-order valence-electron chi connectivity index (χ0n) is 10.0. The van der Waals surface area contributed by atoms with Gasteiger partial charge in [-0.05, 0) is 6.42 Å². The number of ether oxygens (including phenoxy) is 3. The highest BCUT2D eigenvalue weighted by Crippen LogP contribution is 2.01. The smallest absolute Gasteiger partial charge is 0.332 e. The summed E-state index contributed by atoms with van der Waals surface area (Å²) in [6, 6.07) is 0. The number of carbonyl (C=O) groups is 2. The summed E-state index contributed by atoms with van der Waals surface area (Å²) in [4.78, 5) is 21.8. The third kappa shape index (κ3) is 8.21. The summed E-state index contributed by atoms with van der Waals surface area (Å²) >= 11 is 0. The van der Waals surface area contributed by atoms with Crippen LogP contribution >= 0.6 is 0 Å². The van der Waals surface area contributed by atoms with Crippen molar-refractivity contribution in [2.24, 2.45) is 0 Å². The first-order chi connectivity index (χ1) is 8.13. The van der Waals surface area contributed by atoms with E-state index in [4.69, 9.17) is 14.2 Å². The van der Waals surface area contributed by atoms with Crippen molar-refractivity contribution in [2.75, 3.05) is 13.2 Å². The minimum atomic E-state index is -0.907. The Bertz CT molecular complexity index is 272. The zero-order valence-corrected chi connectivity index (χ0v) is 10.0. The molecule has 0 aliphatic rings. The molecule has 0 saturated carbocycles. The summed E-state index contributed by atoms with van der Waals surface area (Å²) in [6.45, 7) is 8.79. The second-order valence-corrected chi connectivity index (χ2v) is 3.13. The molecule has 0 heterocycles. The van der Waals surface area contributed by atoms with E-state index in [2.05, 4.69) is 13.2 Å². The van der Waals surface area contributed by atoms with Crippen molar-refractivity contribution < 1.29 is 23.8 Å². The number of esters is 2. The van der Waals surface area contributed by atoms with Gasteiger partial charge < -0.3 is 14.2 Å². The first-order valence-corrected chi connectivity index (χ1v) is 5.37. The lowest BCUT2D eigenvalue weighted by Gasteiger charge is -2.17. The van der Waals surface area contributed by atoms with Gasteiger partial charge in [0.15, 0.2) is 6.61 Å². The Hall–Kier alpha value is -1.62. The number of hydrogen-bond acceptors (Lipinski definition) is 5. The van der Waals surface area contributed by atoms with Gasteiger partial charge in [-0.1, -0.05) is 26.5 Å². The zero-order chi connectivity index (χ0) is 13.1. The van der Waals surface area contributed by atoms with Crippen LogP contribution in [-0.2, 0) is 23.8 Å². The average molecular weight is 242 g/mol. The molecule has 0 fully saturated rings. The van der Waals surface area contributed by atoms with Crippen molar-refractivity contribution in [1.29, 1.82) is 0 Å². The molecular weight excluding hydrogens is 224 g/mol. The van der Waals surface area contributed by atoms with E-state index in [0.717, 1.165) is 25.0 Å². The van der Waals surface area contributed by atoms with Crippen molar-refractivity contribution in [3.63, 3.8) is 0 Å². The normalized spacial score (nSPS) is 11.4. The Labute approximate surface area is 101 Å². The van der Waals surface area contributed by atoms with Gasteiger partial charge >= 0.3 is 11.9 Å². The van der Waals surface area contributed by atoms with Crippen molar-refractivity contribution in [2.45, 2.75) is 26.1 Å². The van der Waals surface area contributed by atoms with Crippen molar-refractivity contribution in [1.82, 2.24) is 0 Å². The maximum atomic E-state index is 11.0. The molecule has 1 atom stereocenters. The summed E-state index contributed by atoms with van der Waals surface area (Å²) in [5.74, 6) is -1.22. The highest BCUT2D eigenvalue weighted by molar-refractivity contribution is 5.82. The molecule has 0 aromatic rings. The summed E-state index contributed by atoms with van der Waals surface area (Å²) in [5, 5.41) is 0. The van der Waals surface area contributed by atoms with Gasteiger partial charge in [-0.15, -0.1) is 0 Å². The molecule has 17 heavy (non-hydrogen) atoms. The molecular formula is C12H18O5. The van der Waals surface area contributed by atoms with Crippen LogP contribution in [0, 0.1) is 0 Å². The maximum absolute atomic E-state index is 11.0. The fourth-order valence-electron chi connectivity index (χ4n) is 0.862. The highest BCUT2D eigenvalue weighted by atomic mass is 16.7. The molecule has 0 radical (unpaired) electrons. The molecule has 0 rings (SSSR count). The van der Waals surface area contributed by atoms with Crippen LogP contribution in [0.25, 0.3) is 0 Å². The van der Waals surface area contributed by atoms with Crippen molar-refractivity contribution in [3.8, 4) is 0 Å². The number of hydrogen-bond donors (Lipinski definition) is 0. The van der Waals surface area contributed by atoms with Crippen LogP contribution in [-0.4, -0.2) is 31.4 Å². The molecule has 0 aliphatic heterocycles. The molecule has 0 amide bonds. The number of unbranched alkanes of at least 4 members (excludes halogenated alkanes) is 1. The summed E-state index contributed by atoms with van der Waals surface area (Å²) in [5.41, 5.74) is 0. The Morgan fingerprint density at radius 3 is 2.41 bits per heavy atom. The van der Waals surface area contributed by atoms with E-state index in [0.29, 0.717) is 6.61 Å². The van der Waals surface area contributed by atoms with E-state index >= 15 is 0 Å². The predicted octanol–water partition coefficient (Wildman–Crippen LogP) is 1.59. The fraction of sp³-hybridized carbons (Fsp3) is 0.500. The monoisotopic (exact) mass is 242 g/mol. The van der Waals surface area contributed by atoms with E-state index < -0.39 is 18.2 Å². The molecule has 0 bridgehead atoms. The molecule has 0 N–H and O–H groups in total. The van der Waals surface area contributed by atoms with Crippen LogP contribution in [0.4, 0.5) is 0 Å². The largest absolute Gasteiger partial charge is 0.456 e. The third-order valence-corrected chi connectivity index (χ3v) is 1.74. The van der Waals surface area contributed by atoms with Crippen molar-refractivity contribution >= 4 is 11.9 Å². The van der Waals surface area contributed by atoms with Gasteiger partial charge in [-0.2, -0.15) is 0 Å². The number of carbonyl (C=O) groups excluding carboxylic acids is 2.